The van der Waals surface area contributed by atoms with Gasteiger partial charge in [-0.1, -0.05) is 20.8 Å². The summed E-state index contributed by atoms with van der Waals surface area (Å²) in [6.07, 6.45) is 0. The Balaban J connectivity index is 2.89. The third-order valence-corrected chi connectivity index (χ3v) is 2.47. The molecular weight excluding hydrogens is 158 g/mol. The van der Waals surface area contributed by atoms with Gasteiger partial charge in [0.25, 0.3) is 0 Å². The van der Waals surface area contributed by atoms with Crippen molar-refractivity contribution in [2.24, 2.45) is 5.73 Å². The molecule has 0 aliphatic heterocycles. The Morgan fingerprint density at radius 3 is 2.36 bits per heavy atom. The molecule has 1 heterocycles. The van der Waals surface area contributed by atoms with Gasteiger partial charge < -0.3 is 5.73 Å². The van der Waals surface area contributed by atoms with Gasteiger partial charge in [0.05, 0.1) is 6.54 Å². The Hall–Kier alpha value is -0.480. The zero-order valence-corrected chi connectivity index (χ0v) is 7.90. The van der Waals surface area contributed by atoms with Crippen LogP contribution in [0.4, 0.5) is 0 Å². The number of hydrogen-bond acceptors (Lipinski definition) is 4. The summed E-state index contributed by atoms with van der Waals surface area (Å²) < 4.78 is 4.11. The van der Waals surface area contributed by atoms with Crippen LogP contribution in [0.25, 0.3) is 0 Å². The van der Waals surface area contributed by atoms with Crippen LogP contribution in [0.5, 0.6) is 0 Å². The van der Waals surface area contributed by atoms with Crippen molar-refractivity contribution < 1.29 is 0 Å². The van der Waals surface area contributed by atoms with Crippen LogP contribution in [-0.2, 0) is 12.0 Å². The number of rotatable bonds is 1. The van der Waals surface area contributed by atoms with Crippen molar-refractivity contribution in [3.8, 4) is 0 Å². The second-order valence-corrected chi connectivity index (χ2v) is 4.22. The summed E-state index contributed by atoms with van der Waals surface area (Å²) in [5, 5.41) is 1.05. The van der Waals surface area contributed by atoms with E-state index in [9.17, 15) is 0 Å². The molecule has 1 rings (SSSR count). The third-order valence-electron chi connectivity index (χ3n) is 1.29. The molecule has 1 aromatic rings. The SMILES string of the molecule is CC(C)(C)c1nc(CN)ns1. The topological polar surface area (TPSA) is 51.8 Å². The second kappa shape index (κ2) is 2.87. The summed E-state index contributed by atoms with van der Waals surface area (Å²) in [7, 11) is 0. The molecule has 0 saturated carbocycles. The maximum absolute atomic E-state index is 5.39. The fraction of sp³-hybridized carbons (Fsp3) is 0.714. The summed E-state index contributed by atoms with van der Waals surface area (Å²) in [5.74, 6) is 0.750. The number of nitrogens with zero attached hydrogens (tertiary/aromatic N) is 2. The van der Waals surface area contributed by atoms with Gasteiger partial charge >= 0.3 is 0 Å². The lowest BCUT2D eigenvalue weighted by molar-refractivity contribution is 0.582. The largest absolute Gasteiger partial charge is 0.324 e. The zero-order valence-electron chi connectivity index (χ0n) is 7.09. The molecule has 0 spiro atoms. The fourth-order valence-electron chi connectivity index (χ4n) is 0.642. The van der Waals surface area contributed by atoms with Crippen LogP contribution in [-0.4, -0.2) is 9.36 Å². The standard InChI is InChI=1S/C7H13N3S/c1-7(2,3)6-9-5(4-8)10-11-6/h4,8H2,1-3H3. The van der Waals surface area contributed by atoms with Crippen LogP contribution < -0.4 is 5.73 Å². The van der Waals surface area contributed by atoms with Crippen LogP contribution in [0, 0.1) is 0 Å². The maximum Gasteiger partial charge on any atom is 0.156 e. The van der Waals surface area contributed by atoms with Gasteiger partial charge in [0.1, 0.15) is 5.01 Å². The smallest absolute Gasteiger partial charge is 0.156 e. The first-order chi connectivity index (χ1) is 5.04. The van der Waals surface area contributed by atoms with Gasteiger partial charge in [-0.3, -0.25) is 0 Å². The number of hydrogen-bond donors (Lipinski definition) is 1. The van der Waals surface area contributed by atoms with E-state index in [-0.39, 0.29) is 5.41 Å². The zero-order chi connectivity index (χ0) is 8.48. The summed E-state index contributed by atoms with van der Waals surface area (Å²) in [5.41, 5.74) is 5.49. The molecule has 0 radical (unpaired) electrons. The molecule has 1 aromatic heterocycles. The van der Waals surface area contributed by atoms with E-state index in [1.165, 1.54) is 11.5 Å². The minimum atomic E-state index is 0.102. The molecular formula is C7H13N3S. The Bertz CT molecular complexity index is 236. The van der Waals surface area contributed by atoms with E-state index in [2.05, 4.69) is 30.1 Å². The summed E-state index contributed by atoms with van der Waals surface area (Å²) in [6.45, 7) is 6.79. The molecule has 0 saturated heterocycles. The molecule has 0 fully saturated rings. The first-order valence-corrected chi connectivity index (χ1v) is 4.34. The van der Waals surface area contributed by atoms with E-state index in [0.717, 1.165) is 10.8 Å². The Morgan fingerprint density at radius 2 is 2.09 bits per heavy atom. The summed E-state index contributed by atoms with van der Waals surface area (Å²) in [6, 6.07) is 0. The molecule has 0 amide bonds. The van der Waals surface area contributed by atoms with Crippen LogP contribution >= 0.6 is 11.5 Å². The van der Waals surface area contributed by atoms with Crippen LogP contribution in [0.2, 0.25) is 0 Å². The lowest BCUT2D eigenvalue weighted by Crippen LogP contribution is -2.11. The molecule has 3 nitrogen and oxygen atoms in total. The molecule has 2 N–H and O–H groups in total. The Morgan fingerprint density at radius 1 is 1.45 bits per heavy atom. The van der Waals surface area contributed by atoms with E-state index in [1.54, 1.807) is 0 Å². The van der Waals surface area contributed by atoms with Crippen LogP contribution in [0.15, 0.2) is 0 Å². The maximum atomic E-state index is 5.39. The molecule has 0 aromatic carbocycles. The first kappa shape index (κ1) is 8.62. The van der Waals surface area contributed by atoms with Gasteiger partial charge in [-0.15, -0.1) is 0 Å². The molecule has 0 aliphatic carbocycles. The molecule has 0 aliphatic rings. The quantitative estimate of drug-likeness (QED) is 0.692. The predicted molar refractivity (Wildman–Crippen MR) is 46.5 cm³/mol. The third kappa shape index (κ3) is 1.97. The lowest BCUT2D eigenvalue weighted by Gasteiger charge is -2.12. The predicted octanol–water partition coefficient (Wildman–Crippen LogP) is 1.29. The van der Waals surface area contributed by atoms with Crippen LogP contribution in [0.3, 0.4) is 0 Å². The van der Waals surface area contributed by atoms with Crippen molar-refractivity contribution in [3.05, 3.63) is 10.8 Å². The monoisotopic (exact) mass is 171 g/mol. The van der Waals surface area contributed by atoms with Crippen molar-refractivity contribution in [2.45, 2.75) is 32.7 Å². The molecule has 0 bridgehead atoms. The molecule has 4 heteroatoms. The van der Waals surface area contributed by atoms with Gasteiger partial charge in [-0.25, -0.2) is 4.98 Å². The van der Waals surface area contributed by atoms with Gasteiger partial charge in [-0.2, -0.15) is 4.37 Å². The van der Waals surface area contributed by atoms with E-state index in [0.29, 0.717) is 6.54 Å². The normalized spacial score (nSPS) is 12.0. The Kier molecular flexibility index (Phi) is 2.25. The summed E-state index contributed by atoms with van der Waals surface area (Å²) in [4.78, 5) is 4.28. The van der Waals surface area contributed by atoms with Crippen LogP contribution in [0.1, 0.15) is 31.6 Å². The van der Waals surface area contributed by atoms with E-state index < -0.39 is 0 Å². The van der Waals surface area contributed by atoms with E-state index >= 15 is 0 Å². The van der Waals surface area contributed by atoms with E-state index in [4.69, 9.17) is 5.73 Å². The first-order valence-electron chi connectivity index (χ1n) is 3.57. The fourth-order valence-corrected chi connectivity index (χ4v) is 1.37. The van der Waals surface area contributed by atoms with E-state index in [1.807, 2.05) is 0 Å². The lowest BCUT2D eigenvalue weighted by atomic mass is 9.98. The number of aromatic nitrogens is 2. The second-order valence-electron chi connectivity index (χ2n) is 3.47. The van der Waals surface area contributed by atoms with Crippen molar-refractivity contribution in [3.63, 3.8) is 0 Å². The highest BCUT2D eigenvalue weighted by molar-refractivity contribution is 7.05. The average molecular weight is 171 g/mol. The van der Waals surface area contributed by atoms with Crippen molar-refractivity contribution in [1.82, 2.24) is 9.36 Å². The number of nitrogens with two attached hydrogens (primary N) is 1. The van der Waals surface area contributed by atoms with Crippen molar-refractivity contribution in [1.29, 1.82) is 0 Å². The van der Waals surface area contributed by atoms with Gasteiger partial charge in [-0.05, 0) is 11.5 Å². The van der Waals surface area contributed by atoms with Gasteiger partial charge in [0.15, 0.2) is 5.82 Å². The highest BCUT2D eigenvalue weighted by Crippen LogP contribution is 2.23. The highest BCUT2D eigenvalue weighted by atomic mass is 32.1. The van der Waals surface area contributed by atoms with Crippen molar-refractivity contribution >= 4 is 11.5 Å². The Labute approximate surface area is 70.8 Å². The van der Waals surface area contributed by atoms with Gasteiger partial charge in [0.2, 0.25) is 0 Å². The molecule has 11 heavy (non-hydrogen) atoms. The molecule has 0 unspecified atom stereocenters. The van der Waals surface area contributed by atoms with Crippen molar-refractivity contribution in [2.75, 3.05) is 0 Å². The average Bonchev–Trinajstić information content (AvgIpc) is 2.32. The minimum Gasteiger partial charge on any atom is -0.324 e. The highest BCUT2D eigenvalue weighted by Gasteiger charge is 2.18. The van der Waals surface area contributed by atoms with Gasteiger partial charge in [0, 0.05) is 5.41 Å². The molecule has 62 valence electrons. The minimum absolute atomic E-state index is 0.102. The summed E-state index contributed by atoms with van der Waals surface area (Å²) >= 11 is 1.44. The molecule has 0 atom stereocenters.